The SMILES string of the molecule is C[C@@H](NC(=O)OC(C)(C)C)[C@H]1CCN(CC(=O)NCC(C)(C)N2CCOCC2)C1. The third kappa shape index (κ3) is 8.10. The van der Waals surface area contributed by atoms with Crippen LogP contribution in [0.2, 0.25) is 0 Å². The van der Waals surface area contributed by atoms with Crippen LogP contribution in [0.25, 0.3) is 0 Å². The lowest BCUT2D eigenvalue weighted by molar-refractivity contribution is -0.122. The third-order valence-electron chi connectivity index (χ3n) is 5.71. The standard InChI is InChI=1S/C21H40N4O4/c1-16(23-19(27)29-20(2,3)4)17-7-8-24(13-17)14-18(26)22-15-21(5,6)25-9-11-28-12-10-25/h16-17H,7-15H2,1-6H3,(H,22,26)(H,23,27)/t16-,17+/m1/s1. The Morgan fingerprint density at radius 1 is 1.14 bits per heavy atom. The van der Waals surface area contributed by atoms with Crippen molar-refractivity contribution in [3.05, 3.63) is 0 Å². The molecule has 2 aliphatic heterocycles. The first-order chi connectivity index (χ1) is 13.5. The average molecular weight is 413 g/mol. The Balaban J connectivity index is 1.70. The van der Waals surface area contributed by atoms with Gasteiger partial charge in [-0.1, -0.05) is 0 Å². The van der Waals surface area contributed by atoms with Gasteiger partial charge in [-0.05, 0) is 60.4 Å². The van der Waals surface area contributed by atoms with E-state index in [-0.39, 0.29) is 23.6 Å². The second kappa shape index (κ2) is 10.1. The number of nitrogens with zero attached hydrogens (tertiary/aromatic N) is 2. The highest BCUT2D eigenvalue weighted by atomic mass is 16.6. The van der Waals surface area contributed by atoms with Gasteiger partial charge in [-0.15, -0.1) is 0 Å². The lowest BCUT2D eigenvalue weighted by atomic mass is 10.0. The van der Waals surface area contributed by atoms with Crippen LogP contribution in [-0.2, 0) is 14.3 Å². The van der Waals surface area contributed by atoms with E-state index in [0.29, 0.717) is 19.0 Å². The maximum Gasteiger partial charge on any atom is 0.407 e. The minimum atomic E-state index is -0.501. The topological polar surface area (TPSA) is 83.1 Å². The van der Waals surface area contributed by atoms with Gasteiger partial charge in [0.25, 0.3) is 0 Å². The molecule has 2 rings (SSSR count). The number of hydrogen-bond donors (Lipinski definition) is 2. The van der Waals surface area contributed by atoms with Crippen molar-refractivity contribution in [1.82, 2.24) is 20.4 Å². The highest BCUT2D eigenvalue weighted by Crippen LogP contribution is 2.20. The van der Waals surface area contributed by atoms with Crippen molar-refractivity contribution in [2.24, 2.45) is 5.92 Å². The van der Waals surface area contributed by atoms with Crippen LogP contribution in [0.15, 0.2) is 0 Å². The second-order valence-corrected chi connectivity index (χ2v) is 9.91. The summed E-state index contributed by atoms with van der Waals surface area (Å²) in [6, 6.07) is 0.0122. The zero-order chi connectivity index (χ0) is 21.7. The van der Waals surface area contributed by atoms with E-state index in [2.05, 4.69) is 34.3 Å². The molecule has 0 aromatic heterocycles. The summed E-state index contributed by atoms with van der Waals surface area (Å²) in [6.45, 7) is 17.9. The van der Waals surface area contributed by atoms with Gasteiger partial charge in [-0.3, -0.25) is 14.6 Å². The van der Waals surface area contributed by atoms with E-state index in [1.807, 2.05) is 27.7 Å². The molecule has 168 valence electrons. The first-order valence-electron chi connectivity index (χ1n) is 10.8. The number of ether oxygens (including phenoxy) is 2. The summed E-state index contributed by atoms with van der Waals surface area (Å²) in [4.78, 5) is 29.0. The summed E-state index contributed by atoms with van der Waals surface area (Å²) in [5.41, 5.74) is -0.586. The Bertz CT molecular complexity index is 555. The zero-order valence-corrected chi connectivity index (χ0v) is 19.0. The van der Waals surface area contributed by atoms with Gasteiger partial charge in [0.15, 0.2) is 0 Å². The third-order valence-corrected chi connectivity index (χ3v) is 5.71. The molecular weight excluding hydrogens is 372 g/mol. The summed E-state index contributed by atoms with van der Waals surface area (Å²) < 4.78 is 10.7. The van der Waals surface area contributed by atoms with Crippen LogP contribution < -0.4 is 10.6 Å². The Labute approximate surface area is 175 Å². The van der Waals surface area contributed by atoms with Crippen molar-refractivity contribution in [3.63, 3.8) is 0 Å². The molecule has 8 heteroatoms. The van der Waals surface area contributed by atoms with Crippen molar-refractivity contribution >= 4 is 12.0 Å². The first-order valence-corrected chi connectivity index (χ1v) is 10.8. The van der Waals surface area contributed by atoms with Crippen LogP contribution >= 0.6 is 0 Å². The molecule has 2 heterocycles. The Morgan fingerprint density at radius 3 is 2.41 bits per heavy atom. The van der Waals surface area contributed by atoms with E-state index in [0.717, 1.165) is 45.8 Å². The van der Waals surface area contributed by atoms with E-state index in [1.165, 1.54) is 0 Å². The summed E-state index contributed by atoms with van der Waals surface area (Å²) >= 11 is 0. The van der Waals surface area contributed by atoms with Gasteiger partial charge in [0.2, 0.25) is 5.91 Å². The number of nitrogens with one attached hydrogen (secondary N) is 2. The van der Waals surface area contributed by atoms with Crippen molar-refractivity contribution < 1.29 is 19.1 Å². The number of alkyl carbamates (subject to hydrolysis) is 1. The molecule has 8 nitrogen and oxygen atoms in total. The second-order valence-electron chi connectivity index (χ2n) is 9.91. The van der Waals surface area contributed by atoms with E-state index >= 15 is 0 Å². The highest BCUT2D eigenvalue weighted by Gasteiger charge is 2.31. The number of hydrogen-bond acceptors (Lipinski definition) is 6. The predicted octanol–water partition coefficient (Wildman–Crippen LogP) is 1.45. The molecule has 2 N–H and O–H groups in total. The summed E-state index contributed by atoms with van der Waals surface area (Å²) in [7, 11) is 0. The van der Waals surface area contributed by atoms with E-state index < -0.39 is 5.60 Å². The number of rotatable bonds is 7. The maximum atomic E-state index is 12.5. The Hall–Kier alpha value is -1.38. The number of likely N-dealkylation sites (tertiary alicyclic amines) is 1. The van der Waals surface area contributed by atoms with Crippen LogP contribution in [0, 0.1) is 5.92 Å². The normalized spacial score (nSPS) is 22.9. The lowest BCUT2D eigenvalue weighted by Crippen LogP contribution is -2.56. The van der Waals surface area contributed by atoms with Gasteiger partial charge in [0, 0.05) is 37.8 Å². The van der Waals surface area contributed by atoms with Gasteiger partial charge in [0.1, 0.15) is 5.60 Å². The molecular formula is C21H40N4O4. The lowest BCUT2D eigenvalue weighted by Gasteiger charge is -2.40. The van der Waals surface area contributed by atoms with E-state index in [4.69, 9.17) is 9.47 Å². The summed E-state index contributed by atoms with van der Waals surface area (Å²) in [6.07, 6.45) is 0.579. The molecule has 0 bridgehead atoms. The van der Waals surface area contributed by atoms with E-state index in [1.54, 1.807) is 0 Å². The number of morpholine rings is 1. The van der Waals surface area contributed by atoms with Crippen LogP contribution in [0.5, 0.6) is 0 Å². The predicted molar refractivity (Wildman–Crippen MR) is 113 cm³/mol. The molecule has 2 aliphatic rings. The highest BCUT2D eigenvalue weighted by molar-refractivity contribution is 5.78. The number of carbonyl (C=O) groups is 2. The van der Waals surface area contributed by atoms with Crippen molar-refractivity contribution in [2.45, 2.75) is 65.1 Å². The molecule has 0 saturated carbocycles. The van der Waals surface area contributed by atoms with Crippen molar-refractivity contribution in [3.8, 4) is 0 Å². The monoisotopic (exact) mass is 412 g/mol. The van der Waals surface area contributed by atoms with Gasteiger partial charge in [-0.25, -0.2) is 4.79 Å². The van der Waals surface area contributed by atoms with Gasteiger partial charge in [0.05, 0.1) is 19.8 Å². The molecule has 0 unspecified atom stereocenters. The van der Waals surface area contributed by atoms with Crippen LogP contribution in [0.4, 0.5) is 4.79 Å². The largest absolute Gasteiger partial charge is 0.444 e. The van der Waals surface area contributed by atoms with Gasteiger partial charge in [-0.2, -0.15) is 0 Å². The first kappa shape index (κ1) is 23.9. The van der Waals surface area contributed by atoms with Crippen molar-refractivity contribution in [1.29, 1.82) is 0 Å². The van der Waals surface area contributed by atoms with Gasteiger partial charge < -0.3 is 20.1 Å². The molecule has 0 spiro atoms. The molecule has 0 radical (unpaired) electrons. The van der Waals surface area contributed by atoms with Crippen LogP contribution in [0.3, 0.4) is 0 Å². The molecule has 2 saturated heterocycles. The zero-order valence-electron chi connectivity index (χ0n) is 19.0. The fourth-order valence-corrected chi connectivity index (χ4v) is 3.88. The minimum absolute atomic E-state index is 0.0122. The Kier molecular flexibility index (Phi) is 8.31. The molecule has 2 atom stereocenters. The Morgan fingerprint density at radius 2 is 1.79 bits per heavy atom. The maximum absolute atomic E-state index is 12.5. The smallest absolute Gasteiger partial charge is 0.407 e. The average Bonchev–Trinajstić information content (AvgIpc) is 3.08. The van der Waals surface area contributed by atoms with E-state index in [9.17, 15) is 9.59 Å². The van der Waals surface area contributed by atoms with Gasteiger partial charge >= 0.3 is 6.09 Å². The fourth-order valence-electron chi connectivity index (χ4n) is 3.88. The molecule has 2 amide bonds. The number of amides is 2. The van der Waals surface area contributed by atoms with Crippen LogP contribution in [-0.4, -0.2) is 91.5 Å². The molecule has 29 heavy (non-hydrogen) atoms. The molecule has 2 fully saturated rings. The summed E-state index contributed by atoms with van der Waals surface area (Å²) in [5.74, 6) is 0.375. The fraction of sp³-hybridized carbons (Fsp3) is 0.905. The molecule has 0 aromatic carbocycles. The minimum Gasteiger partial charge on any atom is -0.444 e. The number of carbonyl (C=O) groups excluding carboxylic acids is 2. The van der Waals surface area contributed by atoms with Crippen molar-refractivity contribution in [2.75, 3.05) is 52.5 Å². The quantitative estimate of drug-likeness (QED) is 0.659. The van der Waals surface area contributed by atoms with Crippen LogP contribution in [0.1, 0.15) is 48.0 Å². The molecule has 0 aromatic rings. The summed E-state index contributed by atoms with van der Waals surface area (Å²) in [5, 5.41) is 6.03. The molecule has 0 aliphatic carbocycles.